The summed E-state index contributed by atoms with van der Waals surface area (Å²) in [7, 11) is 2.07. The standard InChI is InChI=1S/C16H26FN3/c1-3-20-10-8-16(13-18,9-11-20)19(2)12-14-6-4-5-7-15(14)17/h4-7H,3,8-13,18H2,1-2H3. The smallest absolute Gasteiger partial charge is 0.127 e. The SMILES string of the molecule is CCN1CCC(CN)(N(C)Cc2ccccc2F)CC1. The molecule has 112 valence electrons. The minimum Gasteiger partial charge on any atom is -0.329 e. The van der Waals surface area contributed by atoms with E-state index >= 15 is 0 Å². The molecule has 0 radical (unpaired) electrons. The van der Waals surface area contributed by atoms with Gasteiger partial charge in [-0.05, 0) is 45.6 Å². The van der Waals surface area contributed by atoms with Crippen molar-refractivity contribution in [2.75, 3.05) is 33.2 Å². The maximum atomic E-state index is 13.8. The van der Waals surface area contributed by atoms with E-state index in [0.29, 0.717) is 13.1 Å². The van der Waals surface area contributed by atoms with Gasteiger partial charge >= 0.3 is 0 Å². The summed E-state index contributed by atoms with van der Waals surface area (Å²) in [6.07, 6.45) is 2.12. The number of benzene rings is 1. The molecule has 0 unspecified atom stereocenters. The summed E-state index contributed by atoms with van der Waals surface area (Å²) in [5, 5.41) is 0. The molecule has 1 heterocycles. The number of piperidine rings is 1. The zero-order chi connectivity index (χ0) is 14.6. The highest BCUT2D eigenvalue weighted by molar-refractivity contribution is 5.17. The van der Waals surface area contributed by atoms with Gasteiger partial charge in [-0.1, -0.05) is 25.1 Å². The van der Waals surface area contributed by atoms with Crippen LogP contribution in [0.15, 0.2) is 24.3 Å². The van der Waals surface area contributed by atoms with Gasteiger partial charge in [-0.25, -0.2) is 4.39 Å². The van der Waals surface area contributed by atoms with E-state index < -0.39 is 0 Å². The molecule has 0 amide bonds. The highest BCUT2D eigenvalue weighted by Gasteiger charge is 2.36. The van der Waals surface area contributed by atoms with Crippen LogP contribution in [0, 0.1) is 5.82 Å². The van der Waals surface area contributed by atoms with Crippen LogP contribution in [-0.4, -0.2) is 48.6 Å². The largest absolute Gasteiger partial charge is 0.329 e. The van der Waals surface area contributed by atoms with Crippen molar-refractivity contribution in [2.24, 2.45) is 5.73 Å². The van der Waals surface area contributed by atoms with E-state index in [1.807, 2.05) is 12.1 Å². The van der Waals surface area contributed by atoms with Crippen molar-refractivity contribution in [1.29, 1.82) is 0 Å². The van der Waals surface area contributed by atoms with Gasteiger partial charge in [0.15, 0.2) is 0 Å². The molecule has 3 nitrogen and oxygen atoms in total. The van der Waals surface area contributed by atoms with E-state index in [-0.39, 0.29) is 11.4 Å². The lowest BCUT2D eigenvalue weighted by atomic mass is 9.85. The number of hydrogen-bond donors (Lipinski definition) is 1. The van der Waals surface area contributed by atoms with E-state index in [0.717, 1.165) is 38.0 Å². The highest BCUT2D eigenvalue weighted by Crippen LogP contribution is 2.28. The normalized spacial score (nSPS) is 19.4. The second kappa shape index (κ2) is 6.66. The monoisotopic (exact) mass is 279 g/mol. The molecule has 0 aliphatic carbocycles. The molecule has 0 aromatic heterocycles. The third-order valence-electron chi connectivity index (χ3n) is 4.79. The second-order valence-corrected chi connectivity index (χ2v) is 5.81. The minimum absolute atomic E-state index is 0.00789. The van der Waals surface area contributed by atoms with Crippen LogP contribution in [0.25, 0.3) is 0 Å². The van der Waals surface area contributed by atoms with Crippen LogP contribution >= 0.6 is 0 Å². The van der Waals surface area contributed by atoms with Crippen molar-refractivity contribution >= 4 is 0 Å². The number of likely N-dealkylation sites (tertiary alicyclic amines) is 1. The molecule has 2 rings (SSSR count). The van der Waals surface area contributed by atoms with Crippen molar-refractivity contribution in [2.45, 2.75) is 31.8 Å². The van der Waals surface area contributed by atoms with E-state index in [1.165, 1.54) is 6.07 Å². The Labute approximate surface area is 121 Å². The van der Waals surface area contributed by atoms with Crippen molar-refractivity contribution in [3.63, 3.8) is 0 Å². The number of rotatable bonds is 5. The zero-order valence-electron chi connectivity index (χ0n) is 12.6. The molecule has 1 aromatic rings. The van der Waals surface area contributed by atoms with Crippen LogP contribution in [0.4, 0.5) is 4.39 Å². The van der Waals surface area contributed by atoms with Crippen molar-refractivity contribution in [3.8, 4) is 0 Å². The van der Waals surface area contributed by atoms with Gasteiger partial charge in [-0.3, -0.25) is 4.90 Å². The summed E-state index contributed by atoms with van der Waals surface area (Å²) in [6.45, 7) is 6.70. The van der Waals surface area contributed by atoms with Gasteiger partial charge in [0.05, 0.1) is 0 Å². The fourth-order valence-electron chi connectivity index (χ4n) is 3.08. The Morgan fingerprint density at radius 3 is 2.50 bits per heavy atom. The van der Waals surface area contributed by atoms with Crippen LogP contribution < -0.4 is 5.73 Å². The quantitative estimate of drug-likeness (QED) is 0.895. The molecule has 4 heteroatoms. The van der Waals surface area contributed by atoms with Gasteiger partial charge in [0.1, 0.15) is 5.82 Å². The van der Waals surface area contributed by atoms with Gasteiger partial charge in [0, 0.05) is 24.2 Å². The first kappa shape index (κ1) is 15.4. The summed E-state index contributed by atoms with van der Waals surface area (Å²) >= 11 is 0. The van der Waals surface area contributed by atoms with E-state index in [4.69, 9.17) is 5.73 Å². The van der Waals surface area contributed by atoms with Gasteiger partial charge in [-0.15, -0.1) is 0 Å². The Hall–Kier alpha value is -0.970. The molecule has 1 aromatic carbocycles. The molecule has 1 saturated heterocycles. The van der Waals surface area contributed by atoms with Crippen molar-refractivity contribution in [1.82, 2.24) is 9.80 Å². The fourth-order valence-corrected chi connectivity index (χ4v) is 3.08. The Kier molecular flexibility index (Phi) is 5.13. The minimum atomic E-state index is -0.127. The molecule has 20 heavy (non-hydrogen) atoms. The Bertz CT molecular complexity index is 427. The Balaban J connectivity index is 2.06. The fraction of sp³-hybridized carbons (Fsp3) is 0.625. The van der Waals surface area contributed by atoms with Crippen molar-refractivity contribution in [3.05, 3.63) is 35.6 Å². The summed E-state index contributed by atoms with van der Waals surface area (Å²) in [5.74, 6) is -0.127. The number of nitrogens with two attached hydrogens (primary N) is 1. The average molecular weight is 279 g/mol. The number of halogens is 1. The van der Waals surface area contributed by atoms with Gasteiger partial charge in [0.2, 0.25) is 0 Å². The molecule has 1 fully saturated rings. The molecular weight excluding hydrogens is 253 g/mol. The molecule has 1 aliphatic rings. The van der Waals surface area contributed by atoms with Crippen LogP contribution in [0.3, 0.4) is 0 Å². The predicted molar refractivity (Wildman–Crippen MR) is 81.0 cm³/mol. The first-order valence-corrected chi connectivity index (χ1v) is 7.48. The zero-order valence-corrected chi connectivity index (χ0v) is 12.6. The molecular formula is C16H26FN3. The Morgan fingerprint density at radius 2 is 1.95 bits per heavy atom. The summed E-state index contributed by atoms with van der Waals surface area (Å²) in [5.41, 5.74) is 6.82. The number of likely N-dealkylation sites (N-methyl/N-ethyl adjacent to an activating group) is 1. The predicted octanol–water partition coefficient (Wildman–Crippen LogP) is 2.07. The Morgan fingerprint density at radius 1 is 1.30 bits per heavy atom. The highest BCUT2D eigenvalue weighted by atomic mass is 19.1. The van der Waals surface area contributed by atoms with E-state index in [1.54, 1.807) is 6.07 Å². The van der Waals surface area contributed by atoms with Gasteiger partial charge in [-0.2, -0.15) is 0 Å². The lowest BCUT2D eigenvalue weighted by Crippen LogP contribution is -2.57. The van der Waals surface area contributed by atoms with E-state index in [9.17, 15) is 4.39 Å². The summed E-state index contributed by atoms with van der Waals surface area (Å²) in [6, 6.07) is 7.01. The third kappa shape index (κ3) is 3.19. The molecule has 1 aliphatic heterocycles. The molecule has 0 bridgehead atoms. The van der Waals surface area contributed by atoms with Crippen LogP contribution in [0.5, 0.6) is 0 Å². The first-order valence-electron chi connectivity index (χ1n) is 7.48. The van der Waals surface area contributed by atoms with Gasteiger partial charge < -0.3 is 10.6 Å². The molecule has 0 atom stereocenters. The second-order valence-electron chi connectivity index (χ2n) is 5.81. The average Bonchev–Trinajstić information content (AvgIpc) is 2.49. The van der Waals surface area contributed by atoms with Gasteiger partial charge in [0.25, 0.3) is 0 Å². The van der Waals surface area contributed by atoms with Crippen LogP contribution in [0.1, 0.15) is 25.3 Å². The molecule has 0 saturated carbocycles. The van der Waals surface area contributed by atoms with E-state index in [2.05, 4.69) is 23.8 Å². The topological polar surface area (TPSA) is 32.5 Å². The third-order valence-corrected chi connectivity index (χ3v) is 4.79. The number of hydrogen-bond acceptors (Lipinski definition) is 3. The maximum Gasteiger partial charge on any atom is 0.127 e. The van der Waals surface area contributed by atoms with Crippen molar-refractivity contribution < 1.29 is 4.39 Å². The lowest BCUT2D eigenvalue weighted by Gasteiger charge is -2.47. The maximum absolute atomic E-state index is 13.8. The first-order chi connectivity index (χ1) is 9.61. The summed E-state index contributed by atoms with van der Waals surface area (Å²) in [4.78, 5) is 4.70. The van der Waals surface area contributed by atoms with Crippen LogP contribution in [-0.2, 0) is 6.54 Å². The summed E-state index contributed by atoms with van der Waals surface area (Å²) < 4.78 is 13.8. The van der Waals surface area contributed by atoms with Crippen LogP contribution in [0.2, 0.25) is 0 Å². The number of nitrogens with zero attached hydrogens (tertiary/aromatic N) is 2. The lowest BCUT2D eigenvalue weighted by molar-refractivity contribution is 0.0412. The molecule has 0 spiro atoms. The molecule has 2 N–H and O–H groups in total.